The van der Waals surface area contributed by atoms with Crippen LogP contribution < -0.4 is 0 Å². The van der Waals surface area contributed by atoms with Crippen LogP contribution in [0.3, 0.4) is 0 Å². The third kappa shape index (κ3) is 7.69. The van der Waals surface area contributed by atoms with Gasteiger partial charge in [-0.1, -0.05) is 91.2 Å². The van der Waals surface area contributed by atoms with Gasteiger partial charge in [-0.2, -0.15) is 0 Å². The fraction of sp³-hybridized carbons (Fsp3) is 0.312. The zero-order valence-corrected chi connectivity index (χ0v) is 22.4. The van der Waals surface area contributed by atoms with Crippen molar-refractivity contribution in [1.82, 2.24) is 0 Å². The Morgan fingerprint density at radius 2 is 1.56 bits per heavy atom. The first-order valence-corrected chi connectivity index (χ1v) is 13.5. The Morgan fingerprint density at radius 1 is 0.944 bits per heavy atom. The van der Waals surface area contributed by atoms with Gasteiger partial charge in [0.15, 0.2) is 5.78 Å². The van der Waals surface area contributed by atoms with Gasteiger partial charge in [-0.05, 0) is 79.5 Å². The van der Waals surface area contributed by atoms with Crippen molar-refractivity contribution in [2.24, 2.45) is 0 Å². The summed E-state index contributed by atoms with van der Waals surface area (Å²) in [4.78, 5) is 13.6. The fourth-order valence-corrected chi connectivity index (χ4v) is 5.49. The van der Waals surface area contributed by atoms with Gasteiger partial charge in [0.1, 0.15) is 5.75 Å². The number of carbonyl (C=O) groups excluding carboxylic acids is 1. The largest absolute Gasteiger partial charge is 0.508 e. The Kier molecular flexibility index (Phi) is 10.1. The van der Waals surface area contributed by atoms with Crippen molar-refractivity contribution in [2.75, 3.05) is 0 Å². The second-order valence-corrected chi connectivity index (χ2v) is 10.8. The molecule has 0 saturated heterocycles. The van der Waals surface area contributed by atoms with E-state index in [-0.39, 0.29) is 16.9 Å². The number of phenolic OH excluding ortho intramolecular Hbond substituents is 1. The van der Waals surface area contributed by atoms with Crippen molar-refractivity contribution >= 4 is 23.3 Å². The molecule has 0 radical (unpaired) electrons. The number of carbonyl (C=O) groups is 1. The van der Waals surface area contributed by atoms with E-state index in [1.807, 2.05) is 31.2 Å². The predicted octanol–water partition coefficient (Wildman–Crippen LogP) is 8.70. The van der Waals surface area contributed by atoms with E-state index in [4.69, 9.17) is 5.41 Å². The van der Waals surface area contributed by atoms with Gasteiger partial charge in [0, 0.05) is 17.2 Å². The number of Topliss-reactive ketones (excluding diaryl/α,β-unsaturated/α-hetero) is 1. The van der Waals surface area contributed by atoms with Crippen LogP contribution >= 0.6 is 11.8 Å². The van der Waals surface area contributed by atoms with E-state index >= 15 is 0 Å². The van der Waals surface area contributed by atoms with E-state index in [2.05, 4.69) is 55.5 Å². The molecule has 1 saturated carbocycles. The number of rotatable bonds is 10. The van der Waals surface area contributed by atoms with E-state index in [1.165, 1.54) is 53.2 Å². The molecule has 4 heteroatoms. The number of hydrogen-bond donors (Lipinski definition) is 2. The van der Waals surface area contributed by atoms with Crippen LogP contribution in [0.2, 0.25) is 0 Å². The molecule has 3 rings (SSSR count). The number of nitrogens with one attached hydrogen (secondary N) is 1. The number of aromatic hydroxyl groups is 1. The Balaban J connectivity index is 1.61. The van der Waals surface area contributed by atoms with Crippen LogP contribution in [0.1, 0.15) is 70.4 Å². The summed E-state index contributed by atoms with van der Waals surface area (Å²) in [6, 6.07) is 16.9. The van der Waals surface area contributed by atoms with Crippen molar-refractivity contribution in [3.05, 3.63) is 107 Å². The summed E-state index contributed by atoms with van der Waals surface area (Å²) < 4.78 is 0. The molecule has 2 N–H and O–H groups in total. The molecule has 188 valence electrons. The fourth-order valence-electron chi connectivity index (χ4n) is 4.67. The molecule has 0 atom stereocenters. The summed E-state index contributed by atoms with van der Waals surface area (Å²) in [7, 11) is 0. The zero-order chi connectivity index (χ0) is 26.0. The van der Waals surface area contributed by atoms with Crippen LogP contribution in [0.4, 0.5) is 0 Å². The average molecular weight is 500 g/mol. The second-order valence-electron chi connectivity index (χ2n) is 9.51. The molecule has 0 spiro atoms. The molecular formula is C32H37NO2S. The van der Waals surface area contributed by atoms with E-state index in [0.717, 1.165) is 24.8 Å². The van der Waals surface area contributed by atoms with Crippen LogP contribution in [0.25, 0.3) is 0 Å². The number of ketones is 1. The number of phenols is 1. The van der Waals surface area contributed by atoms with Crippen molar-refractivity contribution in [1.29, 1.82) is 5.41 Å². The minimum atomic E-state index is -0.229. The van der Waals surface area contributed by atoms with Crippen molar-refractivity contribution in [3.8, 4) is 5.75 Å². The normalized spacial score (nSPS) is 16.5. The molecular weight excluding hydrogens is 462 g/mol. The lowest BCUT2D eigenvalue weighted by atomic mass is 9.65. The number of benzene rings is 2. The summed E-state index contributed by atoms with van der Waals surface area (Å²) in [5, 5.41) is 17.3. The minimum Gasteiger partial charge on any atom is -0.508 e. The molecule has 2 aromatic carbocycles. The lowest BCUT2D eigenvalue weighted by Crippen LogP contribution is -2.30. The topological polar surface area (TPSA) is 61.2 Å². The first-order valence-electron chi connectivity index (χ1n) is 12.7. The average Bonchev–Trinajstić information content (AvgIpc) is 2.88. The van der Waals surface area contributed by atoms with Crippen LogP contribution in [0.5, 0.6) is 5.75 Å². The molecule has 0 bridgehead atoms. The van der Waals surface area contributed by atoms with E-state index in [0.29, 0.717) is 5.75 Å². The molecule has 1 aliphatic rings. The molecule has 1 aliphatic carbocycles. The quantitative estimate of drug-likeness (QED) is 0.195. The van der Waals surface area contributed by atoms with Crippen molar-refractivity contribution in [2.45, 2.75) is 69.6 Å². The predicted molar refractivity (Wildman–Crippen MR) is 153 cm³/mol. The van der Waals surface area contributed by atoms with Gasteiger partial charge in [-0.15, -0.1) is 0 Å². The van der Waals surface area contributed by atoms with Gasteiger partial charge in [0.2, 0.25) is 0 Å². The van der Waals surface area contributed by atoms with Crippen LogP contribution in [0.15, 0.2) is 100 Å². The Hall–Kier alpha value is -3.11. The van der Waals surface area contributed by atoms with Gasteiger partial charge >= 0.3 is 0 Å². The molecule has 0 unspecified atom stereocenters. The summed E-state index contributed by atoms with van der Waals surface area (Å²) in [6.45, 7) is 5.49. The van der Waals surface area contributed by atoms with Crippen molar-refractivity contribution in [3.63, 3.8) is 0 Å². The zero-order valence-electron chi connectivity index (χ0n) is 21.6. The highest BCUT2D eigenvalue weighted by molar-refractivity contribution is 8.03. The lowest BCUT2D eigenvalue weighted by molar-refractivity contribution is -0.111. The maximum atomic E-state index is 11.1. The molecule has 1 fully saturated rings. The summed E-state index contributed by atoms with van der Waals surface area (Å²) >= 11 is 1.79. The van der Waals surface area contributed by atoms with Crippen LogP contribution in [-0.2, 0) is 10.2 Å². The monoisotopic (exact) mass is 499 g/mol. The highest BCUT2D eigenvalue weighted by Crippen LogP contribution is 2.45. The first kappa shape index (κ1) is 27.5. The van der Waals surface area contributed by atoms with E-state index in [9.17, 15) is 9.90 Å². The first-order chi connectivity index (χ1) is 17.3. The lowest BCUT2D eigenvalue weighted by Gasteiger charge is -2.38. The van der Waals surface area contributed by atoms with Crippen LogP contribution in [0, 0.1) is 5.41 Å². The standard InChI is InChI=1S/C32H37NO2S/c1-24(12-21-31(33)26(3)34)10-6-4-7-11-25(2)36-30-19-15-28(16-20-30)32(22-8-5-9-23-32)27-13-17-29(35)18-14-27/h4,6,10-21,33,35H,5,7-9,22-23H2,1-3H3/b6-4?,21-12-,24-10+,25-11+,33-31?. The van der Waals surface area contributed by atoms with E-state index < -0.39 is 0 Å². The maximum absolute atomic E-state index is 11.1. The molecule has 0 heterocycles. The second kappa shape index (κ2) is 13.3. The molecule has 0 amide bonds. The molecule has 3 nitrogen and oxygen atoms in total. The number of hydrogen-bond acceptors (Lipinski definition) is 4. The third-order valence-corrected chi connectivity index (χ3v) is 7.74. The number of allylic oxidation sites excluding steroid dienone is 8. The summed E-state index contributed by atoms with van der Waals surface area (Å²) in [5.74, 6) is 0.0933. The third-order valence-electron chi connectivity index (χ3n) is 6.74. The Labute approximate surface area is 220 Å². The maximum Gasteiger partial charge on any atom is 0.177 e. The van der Waals surface area contributed by atoms with Crippen molar-refractivity contribution < 1.29 is 9.90 Å². The Bertz CT molecular complexity index is 1160. The smallest absolute Gasteiger partial charge is 0.177 e. The van der Waals surface area contributed by atoms with Crippen LogP contribution in [-0.4, -0.2) is 16.6 Å². The number of thioether (sulfide) groups is 1. The summed E-state index contributed by atoms with van der Waals surface area (Å²) in [6.07, 6.45) is 18.5. The minimum absolute atomic E-state index is 0.0182. The SMILES string of the molecule is CC(=O)C(=N)/C=C\C(C)=C\C=CC/C=C(\C)Sc1ccc(C2(c3ccc(O)cc3)CCCCC2)cc1. The highest BCUT2D eigenvalue weighted by Gasteiger charge is 2.35. The highest BCUT2D eigenvalue weighted by atomic mass is 32.2. The van der Waals surface area contributed by atoms with Gasteiger partial charge in [-0.25, -0.2) is 0 Å². The Morgan fingerprint density at radius 3 is 2.17 bits per heavy atom. The molecule has 0 aromatic heterocycles. The summed E-state index contributed by atoms with van der Waals surface area (Å²) in [5.41, 5.74) is 3.73. The van der Waals surface area contributed by atoms with Gasteiger partial charge in [0.25, 0.3) is 0 Å². The molecule has 2 aromatic rings. The van der Waals surface area contributed by atoms with E-state index in [1.54, 1.807) is 17.8 Å². The van der Waals surface area contributed by atoms with Gasteiger partial charge in [0.05, 0.1) is 5.71 Å². The van der Waals surface area contributed by atoms with Gasteiger partial charge in [-0.3, -0.25) is 10.2 Å². The molecule has 36 heavy (non-hydrogen) atoms. The van der Waals surface area contributed by atoms with Gasteiger partial charge < -0.3 is 5.11 Å². The molecule has 0 aliphatic heterocycles.